The lowest BCUT2D eigenvalue weighted by molar-refractivity contribution is -0.308. The Balaban J connectivity index is 1.50. The van der Waals surface area contributed by atoms with E-state index in [2.05, 4.69) is 5.32 Å². The summed E-state index contributed by atoms with van der Waals surface area (Å²) < 4.78 is 5.62. The molecule has 3 aromatic carbocycles. The number of rotatable bonds is 3. The van der Waals surface area contributed by atoms with E-state index in [4.69, 9.17) is 4.74 Å². The van der Waals surface area contributed by atoms with Crippen LogP contribution in [0.3, 0.4) is 0 Å². The molecule has 0 fully saturated rings. The van der Waals surface area contributed by atoms with Gasteiger partial charge in [-0.2, -0.15) is 0 Å². The monoisotopic (exact) mass is 384 g/mol. The first kappa shape index (κ1) is 17.5. The van der Waals surface area contributed by atoms with Gasteiger partial charge in [0.05, 0.1) is 23.3 Å². The predicted octanol–water partition coefficient (Wildman–Crippen LogP) is 3.26. The molecule has 0 amide bonds. The fraction of sp³-hybridized carbons (Fsp3) is 0.167. The third-order valence-corrected chi connectivity index (χ3v) is 5.80. The van der Waals surface area contributed by atoms with Crippen LogP contribution in [0, 0.1) is 5.92 Å². The van der Waals surface area contributed by atoms with E-state index in [9.17, 15) is 14.7 Å². The summed E-state index contributed by atoms with van der Waals surface area (Å²) in [6.45, 7) is 0. The molecule has 3 atom stereocenters. The van der Waals surface area contributed by atoms with Gasteiger partial charge in [-0.3, -0.25) is 0 Å². The maximum absolute atomic E-state index is 12.9. The molecule has 0 saturated heterocycles. The Kier molecular flexibility index (Phi) is 4.09. The average Bonchev–Trinajstić information content (AvgIpc) is 3.22. The molecule has 2 aliphatic rings. The summed E-state index contributed by atoms with van der Waals surface area (Å²) in [5, 5.41) is 16.7. The fourth-order valence-corrected chi connectivity index (χ4v) is 4.42. The van der Waals surface area contributed by atoms with Gasteiger partial charge in [0, 0.05) is 5.92 Å². The molecule has 0 bridgehead atoms. The van der Waals surface area contributed by atoms with Gasteiger partial charge in [0.1, 0.15) is 5.75 Å². The summed E-state index contributed by atoms with van der Waals surface area (Å²) in [6.07, 6.45) is 4.67. The zero-order chi connectivity index (χ0) is 20.0. The number of allylic oxidation sites excluding steroid dienone is 2. The lowest BCUT2D eigenvalue weighted by Crippen LogP contribution is -2.49. The minimum atomic E-state index is -1.16. The van der Waals surface area contributed by atoms with Crippen LogP contribution < -0.4 is 15.2 Å². The van der Waals surface area contributed by atoms with E-state index in [1.165, 1.54) is 0 Å². The van der Waals surface area contributed by atoms with Gasteiger partial charge in [0.25, 0.3) is 0 Å². The minimum absolute atomic E-state index is 0.0532. The Morgan fingerprint density at radius 3 is 2.66 bits per heavy atom. The van der Waals surface area contributed by atoms with Crippen LogP contribution in [-0.4, -0.2) is 18.0 Å². The number of ether oxygens (including phenoxy) is 1. The van der Waals surface area contributed by atoms with Crippen LogP contribution in [0.15, 0.2) is 72.8 Å². The molecular formula is C24H18NO4-. The summed E-state index contributed by atoms with van der Waals surface area (Å²) >= 11 is 0. The van der Waals surface area contributed by atoms with Crippen LogP contribution in [-0.2, 0) is 4.79 Å². The van der Waals surface area contributed by atoms with Gasteiger partial charge in [0.15, 0.2) is 0 Å². The van der Waals surface area contributed by atoms with Crippen LogP contribution in [0.4, 0.5) is 5.69 Å². The smallest absolute Gasteiger partial charge is 0.345 e. The number of carboxylic acids is 1. The van der Waals surface area contributed by atoms with Crippen molar-refractivity contribution >= 4 is 28.4 Å². The summed E-state index contributed by atoms with van der Waals surface area (Å²) in [4.78, 5) is 24.6. The van der Waals surface area contributed by atoms with Crippen molar-refractivity contribution in [2.45, 2.75) is 18.4 Å². The van der Waals surface area contributed by atoms with Gasteiger partial charge in [-0.05, 0) is 46.9 Å². The Bertz CT molecular complexity index is 1170. The van der Waals surface area contributed by atoms with Crippen LogP contribution >= 0.6 is 0 Å². The van der Waals surface area contributed by atoms with Crippen molar-refractivity contribution in [2.24, 2.45) is 5.92 Å². The van der Waals surface area contributed by atoms with Crippen LogP contribution in [0.5, 0.6) is 5.75 Å². The van der Waals surface area contributed by atoms with Crippen molar-refractivity contribution in [2.75, 3.05) is 5.32 Å². The number of hydrogen-bond acceptors (Lipinski definition) is 5. The summed E-state index contributed by atoms with van der Waals surface area (Å²) in [5.41, 5.74) is 1.75. The largest absolute Gasteiger partial charge is 0.548 e. The van der Waals surface area contributed by atoms with Crippen LogP contribution in [0.1, 0.15) is 28.3 Å². The molecule has 1 aliphatic heterocycles. The Hall–Kier alpha value is -3.60. The van der Waals surface area contributed by atoms with E-state index in [0.29, 0.717) is 23.4 Å². The van der Waals surface area contributed by atoms with Gasteiger partial charge < -0.3 is 20.0 Å². The number of carbonyl (C=O) groups is 2. The fourth-order valence-electron chi connectivity index (χ4n) is 4.42. The number of fused-ring (bicyclic) bond motifs is 4. The van der Waals surface area contributed by atoms with Gasteiger partial charge in [-0.1, -0.05) is 54.6 Å². The number of anilines is 1. The highest BCUT2D eigenvalue weighted by Gasteiger charge is 2.39. The molecule has 5 heteroatoms. The average molecular weight is 384 g/mol. The second kappa shape index (κ2) is 6.78. The SMILES string of the molecule is O=C(Oc1ccc2ccccc2c1)c1cccc2c1N[C@H](C(=O)[O-])[C@H]1CC=C[C@H]21. The number of carboxylic acid groups (broad SMARTS) is 1. The molecule has 5 nitrogen and oxygen atoms in total. The van der Waals surface area contributed by atoms with E-state index in [1.54, 1.807) is 18.2 Å². The number of nitrogens with one attached hydrogen (secondary N) is 1. The van der Waals surface area contributed by atoms with E-state index in [1.807, 2.05) is 54.6 Å². The number of benzene rings is 3. The molecule has 0 spiro atoms. The number of aliphatic carboxylic acids is 1. The normalized spacial score (nSPS) is 21.9. The maximum Gasteiger partial charge on any atom is 0.345 e. The molecule has 5 rings (SSSR count). The highest BCUT2D eigenvalue weighted by Crippen LogP contribution is 2.45. The topological polar surface area (TPSA) is 78.5 Å². The molecule has 1 N–H and O–H groups in total. The number of hydrogen-bond donors (Lipinski definition) is 1. The first-order valence-electron chi connectivity index (χ1n) is 9.60. The number of esters is 1. The predicted molar refractivity (Wildman–Crippen MR) is 108 cm³/mol. The molecule has 29 heavy (non-hydrogen) atoms. The number of carbonyl (C=O) groups excluding carboxylic acids is 2. The van der Waals surface area contributed by atoms with Gasteiger partial charge >= 0.3 is 5.97 Å². The second-order valence-corrected chi connectivity index (χ2v) is 7.46. The van der Waals surface area contributed by atoms with Crippen molar-refractivity contribution in [3.63, 3.8) is 0 Å². The van der Waals surface area contributed by atoms with Crippen molar-refractivity contribution < 1.29 is 19.4 Å². The second-order valence-electron chi connectivity index (χ2n) is 7.46. The van der Waals surface area contributed by atoms with E-state index < -0.39 is 18.0 Å². The molecule has 144 valence electrons. The zero-order valence-electron chi connectivity index (χ0n) is 15.5. The summed E-state index contributed by atoms with van der Waals surface area (Å²) in [7, 11) is 0. The van der Waals surface area contributed by atoms with Gasteiger partial charge in [0.2, 0.25) is 0 Å². The van der Waals surface area contributed by atoms with Gasteiger partial charge in [-0.25, -0.2) is 4.79 Å². The summed E-state index contributed by atoms with van der Waals surface area (Å²) in [5.74, 6) is -1.41. The molecule has 0 aromatic heterocycles. The molecule has 1 heterocycles. The van der Waals surface area contributed by atoms with Crippen molar-refractivity contribution in [1.82, 2.24) is 0 Å². The highest BCUT2D eigenvalue weighted by atomic mass is 16.5. The van der Waals surface area contributed by atoms with Crippen molar-refractivity contribution in [1.29, 1.82) is 0 Å². The van der Waals surface area contributed by atoms with Gasteiger partial charge in [-0.15, -0.1) is 0 Å². The van der Waals surface area contributed by atoms with E-state index >= 15 is 0 Å². The van der Waals surface area contributed by atoms with Crippen molar-refractivity contribution in [3.05, 3.63) is 83.9 Å². The Morgan fingerprint density at radius 2 is 1.83 bits per heavy atom. The third kappa shape index (κ3) is 2.95. The van der Waals surface area contributed by atoms with E-state index in [-0.39, 0.29) is 11.8 Å². The zero-order valence-corrected chi connectivity index (χ0v) is 15.5. The number of para-hydroxylation sites is 1. The lowest BCUT2D eigenvalue weighted by atomic mass is 9.78. The minimum Gasteiger partial charge on any atom is -0.548 e. The molecular weight excluding hydrogens is 366 g/mol. The van der Waals surface area contributed by atoms with Crippen LogP contribution in [0.2, 0.25) is 0 Å². The third-order valence-electron chi connectivity index (χ3n) is 5.80. The molecule has 0 unspecified atom stereocenters. The first-order chi connectivity index (χ1) is 14.1. The highest BCUT2D eigenvalue weighted by molar-refractivity contribution is 5.99. The first-order valence-corrected chi connectivity index (χ1v) is 9.60. The Labute approximate surface area is 167 Å². The molecule has 0 radical (unpaired) electrons. The molecule has 1 aliphatic carbocycles. The maximum atomic E-state index is 12.9. The quantitative estimate of drug-likeness (QED) is 0.426. The van der Waals surface area contributed by atoms with Crippen molar-refractivity contribution in [3.8, 4) is 5.75 Å². The molecule has 3 aromatic rings. The van der Waals surface area contributed by atoms with Crippen LogP contribution in [0.25, 0.3) is 10.8 Å². The lowest BCUT2D eigenvalue weighted by Gasteiger charge is -2.38. The Morgan fingerprint density at radius 1 is 1.00 bits per heavy atom. The molecule has 0 saturated carbocycles. The van der Waals surface area contributed by atoms with E-state index in [0.717, 1.165) is 16.3 Å². The standard InChI is InChI=1S/C24H19NO4/c26-23(27)22-19-9-3-7-17(19)18-8-4-10-20(21(18)25-22)24(28)29-16-12-11-14-5-1-2-6-15(14)13-16/h1-8,10-13,17,19,22,25H,9H2,(H,26,27)/p-1/t17-,19+,22+/m1/s1. The summed E-state index contributed by atoms with van der Waals surface area (Å²) in [6, 6.07) is 17.8.